The first-order chi connectivity index (χ1) is 10.2. The van der Waals surface area contributed by atoms with E-state index >= 15 is 0 Å². The summed E-state index contributed by atoms with van der Waals surface area (Å²) in [5, 5.41) is 10.7. The predicted molar refractivity (Wildman–Crippen MR) is 76.8 cm³/mol. The summed E-state index contributed by atoms with van der Waals surface area (Å²) in [5.74, 6) is -0.0817. The molecule has 0 fully saturated rings. The van der Waals surface area contributed by atoms with Gasteiger partial charge in [-0.15, -0.1) is 0 Å². The molecule has 108 valence electrons. The van der Waals surface area contributed by atoms with Crippen LogP contribution in [0.4, 0.5) is 0 Å². The molecule has 1 aliphatic rings. The first-order valence-electron chi connectivity index (χ1n) is 6.89. The van der Waals surface area contributed by atoms with Gasteiger partial charge in [-0.2, -0.15) is 0 Å². The second kappa shape index (κ2) is 5.22. The average Bonchev–Trinajstić information content (AvgIpc) is 2.83. The maximum absolute atomic E-state index is 12.5. The molecule has 0 aromatic heterocycles. The molecular formula is C17H16O4. The molecule has 1 aliphatic heterocycles. The van der Waals surface area contributed by atoms with Crippen molar-refractivity contribution in [1.82, 2.24) is 0 Å². The number of hydrogen-bond acceptors (Lipinski definition) is 4. The average molecular weight is 284 g/mol. The van der Waals surface area contributed by atoms with Crippen molar-refractivity contribution < 1.29 is 19.4 Å². The third-order valence-corrected chi connectivity index (χ3v) is 3.65. The Hall–Kier alpha value is -2.33. The molecule has 0 saturated heterocycles. The van der Waals surface area contributed by atoms with Gasteiger partial charge >= 0.3 is 5.97 Å². The van der Waals surface area contributed by atoms with E-state index in [0.29, 0.717) is 16.9 Å². The van der Waals surface area contributed by atoms with Gasteiger partial charge in [0.25, 0.3) is 5.60 Å². The number of aliphatic hydroxyl groups is 1. The van der Waals surface area contributed by atoms with E-state index in [0.717, 1.165) is 0 Å². The molecule has 2 aromatic rings. The molecule has 1 N–H and O–H groups in total. The highest BCUT2D eigenvalue weighted by atomic mass is 16.6. The Bertz CT molecular complexity index is 653. The van der Waals surface area contributed by atoms with Crippen LogP contribution in [0, 0.1) is 0 Å². The Kier molecular flexibility index (Phi) is 3.39. The summed E-state index contributed by atoms with van der Waals surface area (Å²) in [6.07, 6.45) is -1.10. The lowest BCUT2D eigenvalue weighted by molar-refractivity contribution is -0.171. The van der Waals surface area contributed by atoms with Crippen molar-refractivity contribution in [2.24, 2.45) is 0 Å². The van der Waals surface area contributed by atoms with Crippen molar-refractivity contribution in [2.45, 2.75) is 18.6 Å². The predicted octanol–water partition coefficient (Wildman–Crippen LogP) is 2.57. The van der Waals surface area contributed by atoms with Crippen LogP contribution in [-0.4, -0.2) is 17.7 Å². The lowest BCUT2D eigenvalue weighted by Gasteiger charge is -2.29. The van der Waals surface area contributed by atoms with Crippen LogP contribution in [0.5, 0.6) is 5.75 Å². The topological polar surface area (TPSA) is 55.8 Å². The number of aliphatic hydroxyl groups excluding tert-OH is 1. The van der Waals surface area contributed by atoms with Gasteiger partial charge in [0.2, 0.25) is 0 Å². The Labute approximate surface area is 122 Å². The molecular weight excluding hydrogens is 268 g/mol. The normalized spacial score (nSPS) is 23.2. The molecule has 2 aromatic carbocycles. The summed E-state index contributed by atoms with van der Waals surface area (Å²) in [7, 11) is 0. The molecule has 2 atom stereocenters. The van der Waals surface area contributed by atoms with Crippen LogP contribution in [-0.2, 0) is 15.1 Å². The zero-order chi connectivity index (χ0) is 14.9. The fourth-order valence-corrected chi connectivity index (χ4v) is 2.66. The first-order valence-corrected chi connectivity index (χ1v) is 6.89. The smallest absolute Gasteiger partial charge is 0.358 e. The number of carbonyl (C=O) groups is 1. The zero-order valence-corrected chi connectivity index (χ0v) is 11.7. The molecule has 0 spiro atoms. The molecule has 1 heterocycles. The number of benzene rings is 2. The molecule has 0 aliphatic carbocycles. The van der Waals surface area contributed by atoms with E-state index in [9.17, 15) is 9.90 Å². The quantitative estimate of drug-likeness (QED) is 0.880. The second-order valence-corrected chi connectivity index (χ2v) is 4.86. The van der Waals surface area contributed by atoms with Crippen LogP contribution < -0.4 is 4.74 Å². The molecule has 0 bridgehead atoms. The number of carbonyl (C=O) groups excluding carboxylic acids is 1. The van der Waals surface area contributed by atoms with Gasteiger partial charge in [0.15, 0.2) is 0 Å². The van der Waals surface area contributed by atoms with Crippen LogP contribution in [0.1, 0.15) is 24.2 Å². The van der Waals surface area contributed by atoms with E-state index in [2.05, 4.69) is 0 Å². The standard InChI is InChI=1S/C17H16O4/c1-2-20-16(19)17(12-8-4-3-5-9-12)15(18)13-10-6-7-11-14(13)21-17/h3-11,15,18H,2H2,1H3/t15-,17+/m1/s1. The third kappa shape index (κ3) is 1.99. The van der Waals surface area contributed by atoms with Crippen molar-refractivity contribution in [3.8, 4) is 5.75 Å². The lowest BCUT2D eigenvalue weighted by atomic mass is 9.86. The van der Waals surface area contributed by atoms with Crippen LogP contribution >= 0.6 is 0 Å². The Morgan fingerprint density at radius 2 is 1.86 bits per heavy atom. The Morgan fingerprint density at radius 3 is 2.52 bits per heavy atom. The molecule has 4 heteroatoms. The Morgan fingerprint density at radius 1 is 1.19 bits per heavy atom. The maximum Gasteiger partial charge on any atom is 0.358 e. The largest absolute Gasteiger partial charge is 0.467 e. The highest BCUT2D eigenvalue weighted by Gasteiger charge is 2.56. The SMILES string of the molecule is CCOC(=O)[C@@]1(c2ccccc2)Oc2ccccc2[C@H]1O. The fraction of sp³-hybridized carbons (Fsp3) is 0.235. The maximum atomic E-state index is 12.5. The number of para-hydroxylation sites is 1. The molecule has 0 amide bonds. The van der Waals surface area contributed by atoms with Crippen LogP contribution in [0.25, 0.3) is 0 Å². The van der Waals surface area contributed by atoms with Gasteiger partial charge in [-0.05, 0) is 13.0 Å². The fourth-order valence-electron chi connectivity index (χ4n) is 2.66. The molecule has 3 rings (SSSR count). The number of esters is 1. The summed E-state index contributed by atoms with van der Waals surface area (Å²) >= 11 is 0. The minimum absolute atomic E-state index is 0.222. The molecule has 0 radical (unpaired) electrons. The van der Waals surface area contributed by atoms with Crippen molar-refractivity contribution in [1.29, 1.82) is 0 Å². The molecule has 21 heavy (non-hydrogen) atoms. The summed E-state index contributed by atoms with van der Waals surface area (Å²) in [4.78, 5) is 12.5. The van der Waals surface area contributed by atoms with Gasteiger partial charge in [-0.3, -0.25) is 0 Å². The third-order valence-electron chi connectivity index (χ3n) is 3.65. The van der Waals surface area contributed by atoms with Gasteiger partial charge in [-0.25, -0.2) is 4.79 Å². The Balaban J connectivity index is 2.14. The van der Waals surface area contributed by atoms with E-state index in [1.165, 1.54) is 0 Å². The molecule has 0 saturated carbocycles. The van der Waals surface area contributed by atoms with E-state index in [4.69, 9.17) is 9.47 Å². The van der Waals surface area contributed by atoms with Crippen molar-refractivity contribution >= 4 is 5.97 Å². The summed E-state index contributed by atoms with van der Waals surface area (Å²) in [5.41, 5.74) is -0.373. The highest BCUT2D eigenvalue weighted by molar-refractivity contribution is 5.84. The number of rotatable bonds is 3. The van der Waals surface area contributed by atoms with Crippen LogP contribution in [0.3, 0.4) is 0 Å². The first kappa shape index (κ1) is 13.6. The highest BCUT2D eigenvalue weighted by Crippen LogP contribution is 2.49. The van der Waals surface area contributed by atoms with Gasteiger partial charge in [0, 0.05) is 11.1 Å². The zero-order valence-electron chi connectivity index (χ0n) is 11.7. The van der Waals surface area contributed by atoms with E-state index < -0.39 is 17.7 Å². The minimum Gasteiger partial charge on any atom is -0.467 e. The monoisotopic (exact) mass is 284 g/mol. The van der Waals surface area contributed by atoms with Crippen LogP contribution in [0.15, 0.2) is 54.6 Å². The van der Waals surface area contributed by atoms with E-state index in [1.54, 1.807) is 55.5 Å². The van der Waals surface area contributed by atoms with E-state index in [1.807, 2.05) is 6.07 Å². The minimum atomic E-state index is -1.54. The summed E-state index contributed by atoms with van der Waals surface area (Å²) in [6.45, 7) is 1.95. The number of ether oxygens (including phenoxy) is 2. The number of fused-ring (bicyclic) bond motifs is 1. The lowest BCUT2D eigenvalue weighted by Crippen LogP contribution is -2.44. The molecule has 4 nitrogen and oxygen atoms in total. The van der Waals surface area contributed by atoms with Gasteiger partial charge < -0.3 is 14.6 Å². The van der Waals surface area contributed by atoms with Crippen molar-refractivity contribution in [3.63, 3.8) is 0 Å². The van der Waals surface area contributed by atoms with Crippen LogP contribution in [0.2, 0.25) is 0 Å². The molecule has 0 unspecified atom stereocenters. The van der Waals surface area contributed by atoms with Gasteiger partial charge in [-0.1, -0.05) is 48.5 Å². The summed E-state index contributed by atoms with van der Waals surface area (Å²) in [6, 6.07) is 16.1. The van der Waals surface area contributed by atoms with Crippen molar-refractivity contribution in [3.05, 3.63) is 65.7 Å². The number of hydrogen-bond donors (Lipinski definition) is 1. The van der Waals surface area contributed by atoms with Crippen molar-refractivity contribution in [2.75, 3.05) is 6.61 Å². The van der Waals surface area contributed by atoms with Gasteiger partial charge in [0.1, 0.15) is 11.9 Å². The van der Waals surface area contributed by atoms with E-state index in [-0.39, 0.29) is 6.61 Å². The van der Waals surface area contributed by atoms with Gasteiger partial charge in [0.05, 0.1) is 6.61 Å². The second-order valence-electron chi connectivity index (χ2n) is 4.86. The summed E-state index contributed by atoms with van der Waals surface area (Å²) < 4.78 is 11.0.